The summed E-state index contributed by atoms with van der Waals surface area (Å²) in [5.41, 5.74) is 2.10. The first kappa shape index (κ1) is 12.7. The number of fused-ring (bicyclic) bond motifs is 1. The number of anilines is 1. The second kappa shape index (κ2) is 4.99. The molecule has 2 unspecified atom stereocenters. The quantitative estimate of drug-likeness (QED) is 0.869. The van der Waals surface area contributed by atoms with Crippen LogP contribution in [0.2, 0.25) is 5.02 Å². The van der Waals surface area contributed by atoms with E-state index in [2.05, 4.69) is 16.8 Å². The van der Waals surface area contributed by atoms with E-state index in [1.807, 2.05) is 30.5 Å². The minimum atomic E-state index is -0.182. The van der Waals surface area contributed by atoms with E-state index in [-0.39, 0.29) is 6.10 Å². The van der Waals surface area contributed by atoms with Gasteiger partial charge in [-0.25, -0.2) is 0 Å². The van der Waals surface area contributed by atoms with Crippen LogP contribution < -0.4 is 4.90 Å². The van der Waals surface area contributed by atoms with E-state index in [0.717, 1.165) is 30.4 Å². The van der Waals surface area contributed by atoms with Crippen molar-refractivity contribution in [2.75, 3.05) is 18.0 Å². The predicted molar refractivity (Wildman–Crippen MR) is 78.8 cm³/mol. The highest BCUT2D eigenvalue weighted by molar-refractivity contribution is 6.31. The molecule has 19 heavy (non-hydrogen) atoms. The molecule has 1 saturated heterocycles. The van der Waals surface area contributed by atoms with Crippen LogP contribution in [0.4, 0.5) is 5.69 Å². The summed E-state index contributed by atoms with van der Waals surface area (Å²) in [4.78, 5) is 6.70. The molecule has 0 saturated carbocycles. The van der Waals surface area contributed by atoms with Gasteiger partial charge < -0.3 is 10.0 Å². The number of hydrogen-bond acceptors (Lipinski definition) is 3. The Bertz CT molecular complexity index is 602. The average Bonchev–Trinajstić information content (AvgIpc) is 2.41. The third kappa shape index (κ3) is 2.40. The van der Waals surface area contributed by atoms with Crippen molar-refractivity contribution < 1.29 is 5.11 Å². The highest BCUT2D eigenvalue weighted by Crippen LogP contribution is 2.30. The molecule has 0 bridgehead atoms. The van der Waals surface area contributed by atoms with Crippen molar-refractivity contribution in [1.29, 1.82) is 0 Å². The molecule has 2 heterocycles. The number of rotatable bonds is 1. The lowest BCUT2D eigenvalue weighted by Crippen LogP contribution is -2.42. The molecule has 1 aromatic carbocycles. The van der Waals surface area contributed by atoms with Crippen molar-refractivity contribution >= 4 is 28.2 Å². The fraction of sp³-hybridized carbons (Fsp3) is 0.400. The first-order chi connectivity index (χ1) is 9.15. The van der Waals surface area contributed by atoms with Gasteiger partial charge in [0, 0.05) is 35.4 Å². The Morgan fingerprint density at radius 3 is 3.00 bits per heavy atom. The number of aliphatic hydroxyl groups excluding tert-OH is 1. The first-order valence-electron chi connectivity index (χ1n) is 6.62. The molecule has 100 valence electrons. The third-order valence-corrected chi connectivity index (χ3v) is 4.12. The monoisotopic (exact) mass is 276 g/mol. The van der Waals surface area contributed by atoms with Crippen LogP contribution in [0.3, 0.4) is 0 Å². The molecule has 2 aromatic rings. The van der Waals surface area contributed by atoms with Crippen molar-refractivity contribution in [3.05, 3.63) is 35.5 Å². The molecule has 3 nitrogen and oxygen atoms in total. The Balaban J connectivity index is 2.01. The third-order valence-electron chi connectivity index (χ3n) is 3.88. The zero-order valence-electron chi connectivity index (χ0n) is 10.9. The van der Waals surface area contributed by atoms with Gasteiger partial charge in [0.05, 0.1) is 11.6 Å². The molecule has 0 amide bonds. The second-order valence-electron chi connectivity index (χ2n) is 5.27. The molecular weight excluding hydrogens is 260 g/mol. The number of aromatic nitrogens is 1. The Morgan fingerprint density at radius 1 is 1.37 bits per heavy atom. The summed E-state index contributed by atoms with van der Waals surface area (Å²) in [5, 5.41) is 11.7. The van der Waals surface area contributed by atoms with Crippen LogP contribution in [0.5, 0.6) is 0 Å². The van der Waals surface area contributed by atoms with Gasteiger partial charge >= 0.3 is 0 Å². The van der Waals surface area contributed by atoms with Crippen LogP contribution in [0.15, 0.2) is 30.5 Å². The number of benzene rings is 1. The smallest absolute Gasteiger partial charge is 0.0737 e. The van der Waals surface area contributed by atoms with Gasteiger partial charge in [0.15, 0.2) is 0 Å². The minimum absolute atomic E-state index is 0.182. The average molecular weight is 277 g/mol. The molecule has 3 rings (SSSR count). The van der Waals surface area contributed by atoms with Gasteiger partial charge in [-0.2, -0.15) is 0 Å². The zero-order chi connectivity index (χ0) is 13.4. The Hall–Kier alpha value is -1.32. The largest absolute Gasteiger partial charge is 0.393 e. The molecule has 0 radical (unpaired) electrons. The Kier molecular flexibility index (Phi) is 3.33. The number of pyridine rings is 1. The van der Waals surface area contributed by atoms with E-state index < -0.39 is 0 Å². The standard InChI is InChI=1S/C15H17ClN2O/c1-10-9-18(7-5-15(10)19)14-4-6-17-13-8-11(16)2-3-12(13)14/h2-4,6,8,10,15,19H,5,7,9H2,1H3. The highest BCUT2D eigenvalue weighted by atomic mass is 35.5. The van der Waals surface area contributed by atoms with Gasteiger partial charge in [-0.1, -0.05) is 18.5 Å². The lowest BCUT2D eigenvalue weighted by Gasteiger charge is -2.36. The lowest BCUT2D eigenvalue weighted by atomic mass is 9.96. The molecule has 4 heteroatoms. The van der Waals surface area contributed by atoms with Crippen molar-refractivity contribution in [2.45, 2.75) is 19.4 Å². The predicted octanol–water partition coefficient (Wildman–Crippen LogP) is 3.10. The van der Waals surface area contributed by atoms with Crippen LogP contribution >= 0.6 is 11.6 Å². The van der Waals surface area contributed by atoms with Crippen LogP contribution in [0.1, 0.15) is 13.3 Å². The summed E-state index contributed by atoms with van der Waals surface area (Å²) in [7, 11) is 0. The van der Waals surface area contributed by atoms with Crippen molar-refractivity contribution in [3.63, 3.8) is 0 Å². The maximum Gasteiger partial charge on any atom is 0.0737 e. The normalized spacial score (nSPS) is 23.8. The van der Waals surface area contributed by atoms with Crippen molar-refractivity contribution in [3.8, 4) is 0 Å². The number of nitrogens with zero attached hydrogens (tertiary/aromatic N) is 2. The van der Waals surface area contributed by atoms with E-state index in [0.29, 0.717) is 10.9 Å². The maximum atomic E-state index is 9.84. The fourth-order valence-electron chi connectivity index (χ4n) is 2.73. The number of halogens is 1. The number of piperidine rings is 1. The summed E-state index contributed by atoms with van der Waals surface area (Å²) in [5.74, 6) is 0.296. The first-order valence-corrected chi connectivity index (χ1v) is 7.00. The molecular formula is C15H17ClN2O. The van der Waals surface area contributed by atoms with Gasteiger partial charge in [0.25, 0.3) is 0 Å². The minimum Gasteiger partial charge on any atom is -0.393 e. The topological polar surface area (TPSA) is 36.4 Å². The molecule has 1 N–H and O–H groups in total. The molecule has 1 aromatic heterocycles. The fourth-order valence-corrected chi connectivity index (χ4v) is 2.90. The lowest BCUT2D eigenvalue weighted by molar-refractivity contribution is 0.0972. The van der Waals surface area contributed by atoms with E-state index in [4.69, 9.17) is 11.6 Å². The SMILES string of the molecule is CC1CN(c2ccnc3cc(Cl)ccc23)CCC1O. The zero-order valence-corrected chi connectivity index (χ0v) is 11.6. The molecule has 2 atom stereocenters. The molecule has 1 fully saturated rings. The molecule has 1 aliphatic rings. The van der Waals surface area contributed by atoms with Gasteiger partial charge in [-0.15, -0.1) is 0 Å². The van der Waals surface area contributed by atoms with E-state index in [9.17, 15) is 5.11 Å². The molecule has 0 spiro atoms. The van der Waals surface area contributed by atoms with Crippen LogP contribution in [0, 0.1) is 5.92 Å². The summed E-state index contributed by atoms with van der Waals surface area (Å²) in [6.45, 7) is 3.85. The maximum absolute atomic E-state index is 9.84. The van der Waals surface area contributed by atoms with E-state index >= 15 is 0 Å². The summed E-state index contributed by atoms with van der Waals surface area (Å²) < 4.78 is 0. The Morgan fingerprint density at radius 2 is 2.21 bits per heavy atom. The van der Waals surface area contributed by atoms with Crippen LogP contribution in [0.25, 0.3) is 10.9 Å². The van der Waals surface area contributed by atoms with Gasteiger partial charge in [-0.3, -0.25) is 4.98 Å². The molecule has 0 aliphatic carbocycles. The van der Waals surface area contributed by atoms with Crippen molar-refractivity contribution in [2.24, 2.45) is 5.92 Å². The van der Waals surface area contributed by atoms with Crippen LogP contribution in [-0.4, -0.2) is 29.3 Å². The Labute approximate surface area is 117 Å². The molecule has 1 aliphatic heterocycles. The highest BCUT2D eigenvalue weighted by Gasteiger charge is 2.25. The van der Waals surface area contributed by atoms with Crippen molar-refractivity contribution in [1.82, 2.24) is 4.98 Å². The van der Waals surface area contributed by atoms with Gasteiger partial charge in [-0.05, 0) is 36.6 Å². The second-order valence-corrected chi connectivity index (χ2v) is 5.71. The summed E-state index contributed by atoms with van der Waals surface area (Å²) in [6, 6.07) is 7.86. The van der Waals surface area contributed by atoms with E-state index in [1.165, 1.54) is 5.69 Å². The van der Waals surface area contributed by atoms with Gasteiger partial charge in [0.1, 0.15) is 0 Å². The number of aliphatic hydroxyl groups is 1. The summed E-state index contributed by atoms with van der Waals surface area (Å²) in [6.07, 6.45) is 2.46. The number of hydrogen-bond donors (Lipinski definition) is 1. The van der Waals surface area contributed by atoms with E-state index in [1.54, 1.807) is 0 Å². The van der Waals surface area contributed by atoms with Gasteiger partial charge in [0.2, 0.25) is 0 Å². The van der Waals surface area contributed by atoms with Crippen LogP contribution in [-0.2, 0) is 0 Å². The summed E-state index contributed by atoms with van der Waals surface area (Å²) >= 11 is 6.01.